The first-order valence-corrected chi connectivity index (χ1v) is 5.31. The number of aliphatic carboxylic acids is 1. The number of carboxylic acid groups (broad SMARTS) is 1. The molecular formula is C13H16O3. The third kappa shape index (κ3) is 3.85. The summed E-state index contributed by atoms with van der Waals surface area (Å²) in [6.45, 7) is 3.73. The number of Topliss-reactive ketones (excluding diaryl/α,β-unsaturated/α-hetero) is 1. The minimum atomic E-state index is -0.854. The normalized spacial score (nSPS) is 10.4. The van der Waals surface area contributed by atoms with Crippen LogP contribution in [0.3, 0.4) is 0 Å². The topological polar surface area (TPSA) is 54.4 Å². The van der Waals surface area contributed by atoms with Crippen molar-refractivity contribution in [3.63, 3.8) is 0 Å². The lowest BCUT2D eigenvalue weighted by atomic mass is 9.99. The summed E-state index contributed by atoms with van der Waals surface area (Å²) >= 11 is 0. The fourth-order valence-corrected chi connectivity index (χ4v) is 1.43. The van der Waals surface area contributed by atoms with Gasteiger partial charge in [-0.05, 0) is 11.1 Å². The third-order valence-corrected chi connectivity index (χ3v) is 2.37. The van der Waals surface area contributed by atoms with E-state index in [1.165, 1.54) is 0 Å². The van der Waals surface area contributed by atoms with Gasteiger partial charge in [0.15, 0.2) is 0 Å². The van der Waals surface area contributed by atoms with E-state index in [9.17, 15) is 9.59 Å². The van der Waals surface area contributed by atoms with E-state index in [0.717, 1.165) is 11.1 Å². The molecule has 3 nitrogen and oxygen atoms in total. The molecule has 0 saturated carbocycles. The molecule has 0 aliphatic rings. The molecule has 0 aliphatic carbocycles. The Bertz CT molecular complexity index is 394. The van der Waals surface area contributed by atoms with Crippen LogP contribution in [0.15, 0.2) is 24.3 Å². The molecule has 0 spiro atoms. The maximum atomic E-state index is 11.5. The lowest BCUT2D eigenvalue weighted by Crippen LogP contribution is -2.10. The van der Waals surface area contributed by atoms with Gasteiger partial charge in [0.05, 0.1) is 6.42 Å². The second-order valence-electron chi connectivity index (χ2n) is 4.19. The van der Waals surface area contributed by atoms with Gasteiger partial charge in [0.1, 0.15) is 5.78 Å². The Balaban J connectivity index is 2.74. The molecule has 0 atom stereocenters. The largest absolute Gasteiger partial charge is 0.481 e. The van der Waals surface area contributed by atoms with Crippen LogP contribution in [-0.4, -0.2) is 16.9 Å². The van der Waals surface area contributed by atoms with Gasteiger partial charge in [-0.1, -0.05) is 38.1 Å². The smallest absolute Gasteiger partial charge is 0.307 e. The number of hydrogen-bond acceptors (Lipinski definition) is 2. The molecule has 86 valence electrons. The van der Waals surface area contributed by atoms with E-state index in [1.807, 2.05) is 19.9 Å². The number of ketones is 1. The predicted molar refractivity (Wildman–Crippen MR) is 61.3 cm³/mol. The first-order chi connectivity index (χ1) is 7.49. The summed E-state index contributed by atoms with van der Waals surface area (Å²) in [7, 11) is 0. The van der Waals surface area contributed by atoms with Crippen LogP contribution in [0.4, 0.5) is 0 Å². The molecule has 0 aromatic heterocycles. The van der Waals surface area contributed by atoms with Crippen LogP contribution in [0.25, 0.3) is 0 Å². The molecule has 16 heavy (non-hydrogen) atoms. The van der Waals surface area contributed by atoms with Gasteiger partial charge in [0.2, 0.25) is 0 Å². The van der Waals surface area contributed by atoms with Gasteiger partial charge < -0.3 is 5.11 Å². The molecular weight excluding hydrogens is 204 g/mol. The quantitative estimate of drug-likeness (QED) is 0.826. The first-order valence-electron chi connectivity index (χ1n) is 5.31. The molecule has 1 aromatic carbocycles. The number of carbonyl (C=O) groups is 2. The standard InChI is InChI=1S/C13H16O3/c1-9(2)12(14)7-10-4-3-5-11(6-10)8-13(15)16/h3-6,9H,7-8H2,1-2H3,(H,15,16). The van der Waals surface area contributed by atoms with Gasteiger partial charge in [-0.15, -0.1) is 0 Å². The molecule has 0 saturated heterocycles. The monoisotopic (exact) mass is 220 g/mol. The zero-order valence-corrected chi connectivity index (χ0v) is 9.56. The van der Waals surface area contributed by atoms with Crippen LogP contribution in [0.2, 0.25) is 0 Å². The van der Waals surface area contributed by atoms with Crippen molar-refractivity contribution in [1.29, 1.82) is 0 Å². The summed E-state index contributed by atoms with van der Waals surface area (Å²) in [6.07, 6.45) is 0.384. The molecule has 1 aromatic rings. The summed E-state index contributed by atoms with van der Waals surface area (Å²) in [5, 5.41) is 8.66. The molecule has 0 heterocycles. The van der Waals surface area contributed by atoms with Gasteiger partial charge in [0.25, 0.3) is 0 Å². The molecule has 0 bridgehead atoms. The van der Waals surface area contributed by atoms with Gasteiger partial charge in [-0.2, -0.15) is 0 Å². The number of carboxylic acids is 1. The molecule has 3 heteroatoms. The van der Waals surface area contributed by atoms with Crippen LogP contribution in [0, 0.1) is 5.92 Å². The van der Waals surface area contributed by atoms with E-state index in [1.54, 1.807) is 18.2 Å². The van der Waals surface area contributed by atoms with Crippen LogP contribution in [0.1, 0.15) is 25.0 Å². The Morgan fingerprint density at radius 3 is 2.25 bits per heavy atom. The van der Waals surface area contributed by atoms with Crippen molar-refractivity contribution in [2.45, 2.75) is 26.7 Å². The highest BCUT2D eigenvalue weighted by Crippen LogP contribution is 2.09. The molecule has 0 fully saturated rings. The van der Waals surface area contributed by atoms with E-state index >= 15 is 0 Å². The third-order valence-electron chi connectivity index (χ3n) is 2.37. The Labute approximate surface area is 95.1 Å². The lowest BCUT2D eigenvalue weighted by Gasteiger charge is -2.05. The highest BCUT2D eigenvalue weighted by atomic mass is 16.4. The van der Waals surface area contributed by atoms with E-state index in [2.05, 4.69) is 0 Å². The molecule has 1 N–H and O–H groups in total. The average Bonchev–Trinajstić information content (AvgIpc) is 2.16. The van der Waals surface area contributed by atoms with Crippen molar-refractivity contribution >= 4 is 11.8 Å². The average molecular weight is 220 g/mol. The van der Waals surface area contributed by atoms with Crippen molar-refractivity contribution in [3.05, 3.63) is 35.4 Å². The van der Waals surface area contributed by atoms with Crippen molar-refractivity contribution in [2.24, 2.45) is 5.92 Å². The summed E-state index contributed by atoms with van der Waals surface area (Å²) in [6, 6.07) is 7.19. The van der Waals surface area contributed by atoms with Crippen LogP contribution < -0.4 is 0 Å². The number of benzene rings is 1. The summed E-state index contributed by atoms with van der Waals surface area (Å²) in [5.41, 5.74) is 1.62. The highest BCUT2D eigenvalue weighted by molar-refractivity contribution is 5.82. The van der Waals surface area contributed by atoms with Crippen molar-refractivity contribution in [3.8, 4) is 0 Å². The fraction of sp³-hybridized carbons (Fsp3) is 0.385. The van der Waals surface area contributed by atoms with E-state index in [0.29, 0.717) is 6.42 Å². The zero-order chi connectivity index (χ0) is 12.1. The molecule has 1 rings (SSSR count). The van der Waals surface area contributed by atoms with Gasteiger partial charge in [-0.25, -0.2) is 0 Å². The Morgan fingerprint density at radius 2 is 1.75 bits per heavy atom. The van der Waals surface area contributed by atoms with Gasteiger partial charge >= 0.3 is 5.97 Å². The Kier molecular flexibility index (Phi) is 4.23. The van der Waals surface area contributed by atoms with Crippen molar-refractivity contribution < 1.29 is 14.7 Å². The maximum Gasteiger partial charge on any atom is 0.307 e. The molecule has 0 aliphatic heterocycles. The second kappa shape index (κ2) is 5.45. The molecule has 0 unspecified atom stereocenters. The summed E-state index contributed by atoms with van der Waals surface area (Å²) in [4.78, 5) is 22.1. The fourth-order valence-electron chi connectivity index (χ4n) is 1.43. The summed E-state index contributed by atoms with van der Waals surface area (Å²) in [5.74, 6) is -0.664. The minimum absolute atomic E-state index is 0.00368. The van der Waals surface area contributed by atoms with Crippen LogP contribution in [0.5, 0.6) is 0 Å². The van der Waals surface area contributed by atoms with E-state index in [-0.39, 0.29) is 18.1 Å². The zero-order valence-electron chi connectivity index (χ0n) is 9.56. The summed E-state index contributed by atoms with van der Waals surface area (Å²) < 4.78 is 0. The maximum absolute atomic E-state index is 11.5. The lowest BCUT2D eigenvalue weighted by molar-refractivity contribution is -0.136. The molecule has 0 radical (unpaired) electrons. The molecule has 0 amide bonds. The van der Waals surface area contributed by atoms with Gasteiger partial charge in [0, 0.05) is 12.3 Å². The number of hydrogen-bond donors (Lipinski definition) is 1. The Hall–Kier alpha value is -1.64. The van der Waals surface area contributed by atoms with Crippen LogP contribution >= 0.6 is 0 Å². The van der Waals surface area contributed by atoms with Gasteiger partial charge in [-0.3, -0.25) is 9.59 Å². The minimum Gasteiger partial charge on any atom is -0.481 e. The SMILES string of the molecule is CC(C)C(=O)Cc1cccc(CC(=O)O)c1. The first kappa shape index (κ1) is 12.4. The van der Waals surface area contributed by atoms with Crippen LogP contribution in [-0.2, 0) is 22.4 Å². The van der Waals surface area contributed by atoms with E-state index in [4.69, 9.17) is 5.11 Å². The Morgan fingerprint density at radius 1 is 1.19 bits per heavy atom. The van der Waals surface area contributed by atoms with E-state index < -0.39 is 5.97 Å². The van der Waals surface area contributed by atoms with Crippen molar-refractivity contribution in [1.82, 2.24) is 0 Å². The second-order valence-corrected chi connectivity index (χ2v) is 4.19. The predicted octanol–water partition coefficient (Wildman–Crippen LogP) is 2.08. The van der Waals surface area contributed by atoms with Crippen molar-refractivity contribution in [2.75, 3.05) is 0 Å². The highest BCUT2D eigenvalue weighted by Gasteiger charge is 2.09. The number of rotatable bonds is 5. The number of carbonyl (C=O) groups excluding carboxylic acids is 1.